The molecular weight excluding hydrogens is 731 g/mol. The summed E-state index contributed by atoms with van der Waals surface area (Å²) in [6.45, 7) is 24.2. The van der Waals surface area contributed by atoms with Crippen LogP contribution in [0.5, 0.6) is 0 Å². The summed E-state index contributed by atoms with van der Waals surface area (Å²) in [4.78, 5) is 0. The number of hydrogen-bond acceptors (Lipinski definition) is 9. The first-order chi connectivity index (χ1) is 27.0. The highest BCUT2D eigenvalue weighted by atomic mass is 32.2. The average molecular weight is 802 g/mol. The fourth-order valence-corrected chi connectivity index (χ4v) is 13.9. The van der Waals surface area contributed by atoms with Gasteiger partial charge >= 0.3 is 0 Å². The van der Waals surface area contributed by atoms with Crippen LogP contribution in [0.1, 0.15) is 127 Å². The zero-order valence-corrected chi connectivity index (χ0v) is 37.7. The Balaban J connectivity index is 0.000000121. The molecule has 0 spiro atoms. The van der Waals surface area contributed by atoms with Gasteiger partial charge in [-0.25, -0.2) is 0 Å². The lowest BCUT2D eigenvalue weighted by Crippen LogP contribution is -2.37. The third kappa shape index (κ3) is 8.22. The van der Waals surface area contributed by atoms with Crippen LogP contribution in [-0.2, 0) is 37.9 Å². The Morgan fingerprint density at radius 1 is 0.474 bits per heavy atom. The molecule has 0 aromatic rings. The molecule has 10 aliphatic rings. The van der Waals surface area contributed by atoms with Crippen molar-refractivity contribution in [1.29, 1.82) is 0 Å². The Kier molecular flexibility index (Phi) is 15.0. The summed E-state index contributed by atoms with van der Waals surface area (Å²) >= 11 is 1.98. The minimum atomic E-state index is -0.213. The summed E-state index contributed by atoms with van der Waals surface area (Å²) in [6.07, 6.45) is 10.3. The summed E-state index contributed by atoms with van der Waals surface area (Å²) < 4.78 is 45.5. The first kappa shape index (κ1) is 46.8. The van der Waals surface area contributed by atoms with Gasteiger partial charge in [0, 0.05) is 65.4 Å². The van der Waals surface area contributed by atoms with Gasteiger partial charge in [-0.2, -0.15) is 11.8 Å². The first-order valence-corrected chi connectivity index (χ1v) is 23.7. The summed E-state index contributed by atoms with van der Waals surface area (Å²) in [5.74, 6) is 4.47. The highest BCUT2D eigenvalue weighted by Gasteiger charge is 2.58. The van der Waals surface area contributed by atoms with Crippen LogP contribution in [0, 0.1) is 35.5 Å². The van der Waals surface area contributed by atoms with E-state index in [2.05, 4.69) is 69.2 Å². The molecule has 8 nitrogen and oxygen atoms in total. The predicted octanol–water partition coefficient (Wildman–Crippen LogP) is 5.98. The van der Waals surface area contributed by atoms with Gasteiger partial charge in [-0.1, -0.05) is 69.2 Å². The van der Waals surface area contributed by atoms with Crippen LogP contribution in [0.2, 0.25) is 0 Å². The van der Waals surface area contributed by atoms with Crippen LogP contribution in [0.15, 0.2) is 0 Å². The van der Waals surface area contributed by atoms with Gasteiger partial charge in [0.15, 0.2) is 0 Å². The van der Waals surface area contributed by atoms with Crippen LogP contribution >= 0.6 is 11.8 Å². The Morgan fingerprint density at radius 3 is 1.21 bits per heavy atom. The molecular formula is C43H71B5O8S. The van der Waals surface area contributed by atoms with E-state index in [1.807, 2.05) is 11.8 Å². The van der Waals surface area contributed by atoms with Crippen LogP contribution in [0.25, 0.3) is 0 Å². The molecule has 1 aliphatic carbocycles. The zero-order chi connectivity index (χ0) is 41.7. The van der Waals surface area contributed by atoms with Gasteiger partial charge in [0.05, 0.1) is 59.5 Å². The van der Waals surface area contributed by atoms with Crippen molar-refractivity contribution in [2.24, 2.45) is 35.5 Å². The molecule has 9 saturated heterocycles. The van der Waals surface area contributed by atoms with Crippen LogP contribution in [0.3, 0.4) is 0 Å². The number of ether oxygens (including phenoxy) is 8. The van der Waals surface area contributed by atoms with E-state index in [1.54, 1.807) is 0 Å². The maximum Gasteiger partial charge on any atom is 0.112 e. The molecule has 14 heteroatoms. The number of fused-ring (bicyclic) bond motifs is 10. The smallest absolute Gasteiger partial charge is 0.112 e. The van der Waals surface area contributed by atoms with Crippen molar-refractivity contribution < 1.29 is 37.9 Å². The third-order valence-electron chi connectivity index (χ3n) is 16.8. The topological polar surface area (TPSA) is 73.8 Å². The predicted molar refractivity (Wildman–Crippen MR) is 231 cm³/mol. The van der Waals surface area contributed by atoms with Gasteiger partial charge in [-0.05, 0) is 75.5 Å². The summed E-state index contributed by atoms with van der Waals surface area (Å²) in [5, 5.41) is 0.551. The minimum absolute atomic E-state index is 0.000579. The summed E-state index contributed by atoms with van der Waals surface area (Å²) in [6, 6.07) is -0.588. The van der Waals surface area contributed by atoms with E-state index in [0.717, 1.165) is 70.5 Å². The molecule has 10 bridgehead atoms. The average Bonchev–Trinajstić information content (AvgIpc) is 4.07. The fraction of sp³-hybridized carbons (Fsp3) is 1.00. The largest absolute Gasteiger partial charge is 0.381 e. The van der Waals surface area contributed by atoms with E-state index in [1.165, 1.54) is 12.8 Å². The van der Waals surface area contributed by atoms with Crippen molar-refractivity contribution in [3.63, 3.8) is 0 Å². The molecule has 0 aromatic carbocycles. The number of hydrogen-bond donors (Lipinski definition) is 0. The van der Waals surface area contributed by atoms with E-state index in [4.69, 9.17) is 77.1 Å². The molecule has 0 amide bonds. The Labute approximate surface area is 357 Å². The molecule has 0 N–H and O–H groups in total. The molecule has 9 aliphatic heterocycles. The van der Waals surface area contributed by atoms with E-state index < -0.39 is 0 Å². The van der Waals surface area contributed by atoms with E-state index in [-0.39, 0.29) is 76.3 Å². The lowest BCUT2D eigenvalue weighted by atomic mass is 9.80. The first-order valence-electron chi connectivity index (χ1n) is 22.6. The molecule has 10 fully saturated rings. The molecule has 9 heterocycles. The second-order valence-electron chi connectivity index (χ2n) is 18.9. The maximum atomic E-state index is 5.89. The van der Waals surface area contributed by atoms with Crippen LogP contribution in [-0.4, -0.2) is 146 Å². The SMILES string of the molecule is [B][C@@H]1O[C@@]2(CC)CCCO[C@H]1C2C.[B][C@@H]1O[C@@]2(CC)CC[C@H]1C2C.[B][C@@H]1O[C@@]2(CC)CO[C@H]1C2C.[B][C@@H]1O[C@@]2(CC)CS[C@H]1C2C.[B][C@@H]1O[C@]2(CC)CO[C@@H]1C2C. The summed E-state index contributed by atoms with van der Waals surface area (Å²) in [7, 11) is 29.0. The molecule has 5 unspecified atom stereocenters. The van der Waals surface area contributed by atoms with Crippen molar-refractivity contribution in [3.8, 4) is 0 Å². The molecule has 20 atom stereocenters. The van der Waals surface area contributed by atoms with Crippen molar-refractivity contribution in [2.75, 3.05) is 25.6 Å². The fourth-order valence-electron chi connectivity index (χ4n) is 12.1. The minimum Gasteiger partial charge on any atom is -0.381 e. The second-order valence-corrected chi connectivity index (χ2v) is 20.1. The highest BCUT2D eigenvalue weighted by Crippen LogP contribution is 2.54. The molecule has 1 saturated carbocycles. The van der Waals surface area contributed by atoms with Crippen molar-refractivity contribution >= 4 is 51.0 Å². The standard InChI is InChI=1S/C10H17BO2.C9H15BO.2C8H13BO2.C8H13BOS/c1-3-10-5-4-6-12-8(7(10)2)9(11)13-10;1-3-9-5-4-7(6(9)2)8(10)11-9;2*1-3-8-4-10-6(5(8)2)7(9)11-8;1-3-8-4-11-6(5(8)2)7(9)10-8/h7-9H,3-6H2,1-2H3;6-8H,3-5H2,1-2H3;3*5-7H,3-4H2,1-2H3/t7?,8-,9+,10-;6?,7-,8+,9-;5?,6-,7+,8-;5?,6-,7-,8-;5?,6-,7+,8-/m00010/s1. The van der Waals surface area contributed by atoms with Gasteiger partial charge in [0.2, 0.25) is 0 Å². The van der Waals surface area contributed by atoms with Crippen LogP contribution in [0.4, 0.5) is 0 Å². The van der Waals surface area contributed by atoms with Crippen LogP contribution < -0.4 is 0 Å². The molecule has 57 heavy (non-hydrogen) atoms. The second kappa shape index (κ2) is 18.2. The summed E-state index contributed by atoms with van der Waals surface area (Å²) in [5.41, 5.74) is 0.146. The monoisotopic (exact) mass is 803 g/mol. The van der Waals surface area contributed by atoms with Gasteiger partial charge in [-0.3, -0.25) is 0 Å². The Bertz CT molecular complexity index is 1190. The Hall–Kier alpha value is 0.355. The van der Waals surface area contributed by atoms with Gasteiger partial charge in [0.25, 0.3) is 0 Å². The van der Waals surface area contributed by atoms with E-state index in [0.29, 0.717) is 40.8 Å². The lowest BCUT2D eigenvalue weighted by Gasteiger charge is -2.31. The highest BCUT2D eigenvalue weighted by molar-refractivity contribution is 8.00. The zero-order valence-electron chi connectivity index (χ0n) is 36.9. The van der Waals surface area contributed by atoms with Crippen molar-refractivity contribution in [3.05, 3.63) is 0 Å². The maximum absolute atomic E-state index is 5.89. The van der Waals surface area contributed by atoms with Gasteiger partial charge in [-0.15, -0.1) is 0 Å². The molecule has 10 rings (SSSR count). The van der Waals surface area contributed by atoms with Crippen molar-refractivity contribution in [1.82, 2.24) is 0 Å². The van der Waals surface area contributed by atoms with Crippen molar-refractivity contribution in [2.45, 2.75) is 209 Å². The van der Waals surface area contributed by atoms with E-state index in [9.17, 15) is 0 Å². The molecule has 0 aromatic heterocycles. The number of thioether (sulfide) groups is 1. The molecule has 10 radical (unpaired) electrons. The quantitative estimate of drug-likeness (QED) is 0.313. The molecule has 312 valence electrons. The number of rotatable bonds is 5. The lowest BCUT2D eigenvalue weighted by molar-refractivity contribution is -0.115. The van der Waals surface area contributed by atoms with E-state index >= 15 is 0 Å². The third-order valence-corrected chi connectivity index (χ3v) is 18.6. The Morgan fingerprint density at radius 2 is 0.895 bits per heavy atom. The van der Waals surface area contributed by atoms with Gasteiger partial charge < -0.3 is 37.9 Å². The van der Waals surface area contributed by atoms with Gasteiger partial charge in [0.1, 0.15) is 39.2 Å². The normalized spacial score (nSPS) is 54.2.